The molecule has 2 aromatic carbocycles. The van der Waals surface area contributed by atoms with Crippen LogP contribution in [0.25, 0.3) is 32.1 Å². The van der Waals surface area contributed by atoms with Gasteiger partial charge in [-0.1, -0.05) is 23.7 Å². The second-order valence-corrected chi connectivity index (χ2v) is 15.9. The Morgan fingerprint density at radius 3 is 2.78 bits per heavy atom. The lowest BCUT2D eigenvalue weighted by atomic mass is 9.95. The summed E-state index contributed by atoms with van der Waals surface area (Å²) in [5, 5.41) is 26.9. The molecule has 5 N–H and O–H groups in total. The smallest absolute Gasteiger partial charge is 0.412 e. The average molecular weight is 781 g/mol. The minimum absolute atomic E-state index is 0.0317. The molecule has 5 aromatic rings. The number of benzene rings is 2. The van der Waals surface area contributed by atoms with Crippen molar-refractivity contribution in [3.05, 3.63) is 58.2 Å². The van der Waals surface area contributed by atoms with E-state index in [-0.39, 0.29) is 74.4 Å². The molecule has 2 saturated heterocycles. The third kappa shape index (κ3) is 6.65. The van der Waals surface area contributed by atoms with Crippen LogP contribution in [0, 0.1) is 23.0 Å². The molecule has 282 valence electrons. The Balaban J connectivity index is 1.39. The first-order valence-electron chi connectivity index (χ1n) is 17.2. The maximum absolute atomic E-state index is 17.2. The summed E-state index contributed by atoms with van der Waals surface area (Å²) >= 11 is 7.54. The number of hydrogen-bond acceptors (Lipinski definition) is 12. The molecule has 7 rings (SSSR count). The van der Waals surface area contributed by atoms with Crippen LogP contribution in [-0.2, 0) is 4.74 Å². The molecule has 2 aliphatic rings. The van der Waals surface area contributed by atoms with Gasteiger partial charge in [0.1, 0.15) is 58.2 Å². The van der Waals surface area contributed by atoms with Crippen LogP contribution in [0.5, 0.6) is 11.8 Å². The zero-order chi connectivity index (χ0) is 38.7. The number of rotatable bonds is 8. The highest BCUT2D eigenvalue weighted by molar-refractivity contribution is 7.23. The number of alkyl halides is 1. The number of pyridine rings is 1. The number of phenolic OH excluding ortho intramolecular Hbond substituents is 1. The Kier molecular flexibility index (Phi) is 9.61. The van der Waals surface area contributed by atoms with E-state index in [0.29, 0.717) is 12.0 Å². The third-order valence-electron chi connectivity index (χ3n) is 9.69. The normalized spacial score (nSPS) is 19.1. The Morgan fingerprint density at radius 1 is 1.28 bits per heavy atom. The molecule has 2 fully saturated rings. The van der Waals surface area contributed by atoms with E-state index in [1.807, 2.05) is 6.07 Å². The lowest BCUT2D eigenvalue weighted by molar-refractivity contribution is 0.0636. The quantitative estimate of drug-likeness (QED) is 0.119. The van der Waals surface area contributed by atoms with Crippen LogP contribution < -0.4 is 21.1 Å². The topological polar surface area (TPSA) is 172 Å². The van der Waals surface area contributed by atoms with Crippen LogP contribution in [0.3, 0.4) is 0 Å². The molecule has 0 bridgehead atoms. The van der Waals surface area contributed by atoms with Crippen molar-refractivity contribution in [3.63, 3.8) is 0 Å². The molecule has 0 aliphatic carbocycles. The van der Waals surface area contributed by atoms with E-state index in [0.717, 1.165) is 30.4 Å². The van der Waals surface area contributed by atoms with Crippen LogP contribution in [0.1, 0.15) is 64.1 Å². The second-order valence-electron chi connectivity index (χ2n) is 14.5. The molecule has 12 nitrogen and oxygen atoms in total. The Bertz CT molecular complexity index is 2370. The van der Waals surface area contributed by atoms with E-state index < -0.39 is 57.4 Å². The Hall–Kier alpha value is -5.11. The number of amides is 1. The largest absolute Gasteiger partial charge is 0.506 e. The van der Waals surface area contributed by atoms with Crippen LogP contribution >= 0.6 is 22.9 Å². The van der Waals surface area contributed by atoms with Gasteiger partial charge in [0.25, 0.3) is 0 Å². The van der Waals surface area contributed by atoms with Gasteiger partial charge in [-0.15, -0.1) is 11.3 Å². The summed E-state index contributed by atoms with van der Waals surface area (Å²) in [6, 6.07) is 6.88. The summed E-state index contributed by atoms with van der Waals surface area (Å²) in [5.41, 5.74) is 4.26. The highest BCUT2D eigenvalue weighted by atomic mass is 35.5. The van der Waals surface area contributed by atoms with Crippen molar-refractivity contribution >= 4 is 66.7 Å². The zero-order valence-corrected chi connectivity index (χ0v) is 31.3. The molecule has 0 saturated carbocycles. The van der Waals surface area contributed by atoms with Gasteiger partial charge in [-0.25, -0.2) is 22.9 Å². The molecule has 3 atom stereocenters. The first kappa shape index (κ1) is 37.2. The first-order valence-corrected chi connectivity index (χ1v) is 18.4. The number of nitrogens with two attached hydrogens (primary N) is 1. The van der Waals surface area contributed by atoms with Gasteiger partial charge in [0.05, 0.1) is 32.3 Å². The van der Waals surface area contributed by atoms with E-state index in [4.69, 9.17) is 26.8 Å². The molecule has 1 amide bonds. The van der Waals surface area contributed by atoms with Gasteiger partial charge in [0.2, 0.25) is 0 Å². The van der Waals surface area contributed by atoms with Crippen LogP contribution in [0.15, 0.2) is 30.5 Å². The van der Waals surface area contributed by atoms with Gasteiger partial charge in [-0.2, -0.15) is 15.2 Å². The molecular weight excluding hydrogens is 745 g/mol. The predicted molar refractivity (Wildman–Crippen MR) is 201 cm³/mol. The monoisotopic (exact) mass is 780 g/mol. The van der Waals surface area contributed by atoms with Gasteiger partial charge in [0, 0.05) is 35.7 Å². The first-order chi connectivity index (χ1) is 25.6. The van der Waals surface area contributed by atoms with Gasteiger partial charge >= 0.3 is 12.1 Å². The number of nitriles is 1. The number of nitrogens with one attached hydrogen (secondary N) is 2. The summed E-state index contributed by atoms with van der Waals surface area (Å²) in [6.45, 7) is 7.78. The Labute approximate surface area is 317 Å². The van der Waals surface area contributed by atoms with E-state index in [9.17, 15) is 19.6 Å². The summed E-state index contributed by atoms with van der Waals surface area (Å²) in [6.07, 6.45) is 1.47. The van der Waals surface area contributed by atoms with Crippen LogP contribution in [0.4, 0.5) is 34.6 Å². The van der Waals surface area contributed by atoms with Gasteiger partial charge in [-0.3, -0.25) is 10.2 Å². The zero-order valence-electron chi connectivity index (χ0n) is 29.7. The second kappa shape index (κ2) is 13.9. The number of carbonyl (C=O) groups excluding carboxylic acids is 1. The number of nitrogens with zero attached hydrogens (tertiary/aromatic N) is 5. The molecule has 0 radical (unpaired) electrons. The van der Waals surface area contributed by atoms with E-state index in [1.54, 1.807) is 39.8 Å². The molecular formula is C37H36ClF3N8O4S. The summed E-state index contributed by atoms with van der Waals surface area (Å²) in [5.74, 6) is -2.21. The number of aromatic hydroxyl groups is 1. The lowest BCUT2D eigenvalue weighted by Gasteiger charge is -2.31. The van der Waals surface area contributed by atoms with E-state index in [1.165, 1.54) is 12.3 Å². The van der Waals surface area contributed by atoms with E-state index in [2.05, 4.69) is 30.5 Å². The molecule has 1 unspecified atom stereocenters. The summed E-state index contributed by atoms with van der Waals surface area (Å²) in [7, 11) is 0. The fourth-order valence-corrected chi connectivity index (χ4v) is 8.72. The number of nitrogen functional groups attached to an aromatic ring is 1. The molecule has 2 aliphatic heterocycles. The van der Waals surface area contributed by atoms with Crippen LogP contribution in [-0.4, -0.2) is 68.1 Å². The molecule has 0 spiro atoms. The maximum Gasteiger partial charge on any atom is 0.412 e. The average Bonchev–Trinajstić information content (AvgIpc) is 3.76. The number of aromatic nitrogens is 3. The number of thiophene rings is 1. The molecule has 5 heterocycles. The fourth-order valence-electron chi connectivity index (χ4n) is 7.37. The minimum Gasteiger partial charge on any atom is -0.506 e. The highest BCUT2D eigenvalue weighted by Gasteiger charge is 2.49. The van der Waals surface area contributed by atoms with Gasteiger partial charge in [-0.05, 0) is 64.8 Å². The molecule has 3 aromatic heterocycles. The van der Waals surface area contributed by atoms with Crippen LogP contribution in [0.2, 0.25) is 5.02 Å². The fraction of sp³-hybridized carbons (Fsp3) is 0.378. The van der Waals surface area contributed by atoms with Crippen molar-refractivity contribution in [2.24, 2.45) is 0 Å². The van der Waals surface area contributed by atoms with Crippen molar-refractivity contribution < 1.29 is 32.5 Å². The maximum atomic E-state index is 17.2. The standard InChI is InChI=1S/C37H36ClF3N8O4S/c1-17(19-7-5-11-44-31(19)43)45-32-25-28(46-34(47-32)52-16-37-10-6-12-49(37)15-18(39)13-37)27(41)24(26(38)29(25)50)20-8-9-22(40)30-23(20)21(14-42)33(54-30)48-35(51)53-36(2,3)4/h5,7-9,11,17-18,50H,6,10,12-13,15-16H2,1-4H3,(H2,43,44)(H,48,51)(H,45,46,47)/t17?,18-,37+/m1/s1. The number of hydrogen-bond donors (Lipinski definition) is 4. The number of carbonyl (C=O) groups is 1. The number of fused-ring (bicyclic) bond motifs is 3. The third-order valence-corrected chi connectivity index (χ3v) is 11.2. The van der Waals surface area contributed by atoms with Gasteiger partial charge in [0.15, 0.2) is 5.82 Å². The van der Waals surface area contributed by atoms with Crippen molar-refractivity contribution in [1.82, 2.24) is 19.9 Å². The summed E-state index contributed by atoms with van der Waals surface area (Å²) in [4.78, 5) is 27.8. The molecule has 17 heteroatoms. The Morgan fingerprint density at radius 2 is 2.06 bits per heavy atom. The lowest BCUT2D eigenvalue weighted by Crippen LogP contribution is -2.43. The molecule has 54 heavy (non-hydrogen) atoms. The highest BCUT2D eigenvalue weighted by Crippen LogP contribution is 2.50. The number of phenols is 1. The van der Waals surface area contributed by atoms with Crippen molar-refractivity contribution in [3.8, 4) is 29.0 Å². The number of ether oxygens (including phenoxy) is 2. The minimum atomic E-state index is -1.04. The van der Waals surface area contributed by atoms with Gasteiger partial charge < -0.3 is 25.6 Å². The van der Waals surface area contributed by atoms with Crippen molar-refractivity contribution in [2.75, 3.05) is 36.1 Å². The van der Waals surface area contributed by atoms with E-state index >= 15 is 8.78 Å². The number of halogens is 4. The van der Waals surface area contributed by atoms with Crippen molar-refractivity contribution in [1.29, 1.82) is 5.26 Å². The predicted octanol–water partition coefficient (Wildman–Crippen LogP) is 8.47. The summed E-state index contributed by atoms with van der Waals surface area (Å²) < 4.78 is 58.6. The SMILES string of the molecule is CC(Nc1nc(OC[C@@]23CCCN2C[C@H](F)C3)nc2c(F)c(-c3ccc(F)c4sc(NC(=O)OC(C)(C)C)c(C#N)c34)c(Cl)c(O)c12)c1cccnc1N. The number of anilines is 3. The van der Waals surface area contributed by atoms with Crippen molar-refractivity contribution in [2.45, 2.75) is 70.3 Å².